The molecule has 3 fully saturated rings. The quantitative estimate of drug-likeness (QED) is 0.758. The van der Waals surface area contributed by atoms with Gasteiger partial charge in [-0.15, -0.1) is 0 Å². The summed E-state index contributed by atoms with van der Waals surface area (Å²) in [5.74, 6) is 1.42. The Labute approximate surface area is 163 Å². The third-order valence-corrected chi connectivity index (χ3v) is 6.79. The molecular formula is C22H34N2O3. The molecular weight excluding hydrogens is 340 g/mol. The molecule has 0 N–H and O–H groups in total. The highest BCUT2D eigenvalue weighted by atomic mass is 16.5. The zero-order valence-electron chi connectivity index (χ0n) is 16.7. The van der Waals surface area contributed by atoms with Crippen LogP contribution in [0.4, 0.5) is 0 Å². The lowest BCUT2D eigenvalue weighted by Gasteiger charge is -2.38. The summed E-state index contributed by atoms with van der Waals surface area (Å²) < 4.78 is 11.2. The SMILES string of the molecule is Cc1occc1C(=O)N(CC1CCN(C2CCCC2)CC1)C[C@H]1CCCO1. The van der Waals surface area contributed by atoms with Gasteiger partial charge in [0.15, 0.2) is 0 Å². The minimum Gasteiger partial charge on any atom is -0.469 e. The molecule has 2 saturated heterocycles. The molecule has 5 nitrogen and oxygen atoms in total. The molecule has 3 aliphatic rings. The van der Waals surface area contributed by atoms with Crippen LogP contribution in [-0.4, -0.2) is 60.6 Å². The average Bonchev–Trinajstić information content (AvgIpc) is 3.44. The zero-order valence-corrected chi connectivity index (χ0v) is 16.7. The number of amides is 1. The van der Waals surface area contributed by atoms with Crippen LogP contribution in [0.5, 0.6) is 0 Å². The lowest BCUT2D eigenvalue weighted by atomic mass is 9.94. The van der Waals surface area contributed by atoms with Gasteiger partial charge in [0, 0.05) is 25.7 Å². The van der Waals surface area contributed by atoms with Gasteiger partial charge < -0.3 is 19.0 Å². The molecule has 1 amide bonds. The highest BCUT2D eigenvalue weighted by molar-refractivity contribution is 5.95. The van der Waals surface area contributed by atoms with E-state index >= 15 is 0 Å². The van der Waals surface area contributed by atoms with Gasteiger partial charge >= 0.3 is 0 Å². The van der Waals surface area contributed by atoms with Crippen molar-refractivity contribution < 1.29 is 13.9 Å². The summed E-state index contributed by atoms with van der Waals surface area (Å²) in [5, 5.41) is 0. The Morgan fingerprint density at radius 3 is 2.52 bits per heavy atom. The molecule has 1 atom stereocenters. The van der Waals surface area contributed by atoms with E-state index in [9.17, 15) is 4.79 Å². The minimum absolute atomic E-state index is 0.106. The average molecular weight is 375 g/mol. The van der Waals surface area contributed by atoms with Crippen molar-refractivity contribution in [3.8, 4) is 0 Å². The van der Waals surface area contributed by atoms with Crippen molar-refractivity contribution in [2.45, 2.75) is 70.4 Å². The van der Waals surface area contributed by atoms with E-state index in [1.165, 1.54) is 51.6 Å². The number of rotatable bonds is 6. The van der Waals surface area contributed by atoms with Gasteiger partial charge in [0.1, 0.15) is 5.76 Å². The van der Waals surface area contributed by atoms with Gasteiger partial charge in [-0.2, -0.15) is 0 Å². The first-order valence-electron chi connectivity index (χ1n) is 10.9. The Hall–Kier alpha value is -1.33. The highest BCUT2D eigenvalue weighted by Gasteiger charge is 2.31. The second kappa shape index (κ2) is 8.78. The molecule has 0 unspecified atom stereocenters. The van der Waals surface area contributed by atoms with Gasteiger partial charge in [-0.25, -0.2) is 0 Å². The third kappa shape index (κ3) is 4.57. The monoisotopic (exact) mass is 374 g/mol. The van der Waals surface area contributed by atoms with Gasteiger partial charge in [0.2, 0.25) is 0 Å². The normalized spacial score (nSPS) is 25.3. The van der Waals surface area contributed by atoms with Crippen molar-refractivity contribution in [3.63, 3.8) is 0 Å². The van der Waals surface area contributed by atoms with E-state index in [1.807, 2.05) is 17.9 Å². The smallest absolute Gasteiger partial charge is 0.257 e. The van der Waals surface area contributed by atoms with Crippen molar-refractivity contribution in [1.82, 2.24) is 9.80 Å². The molecule has 0 radical (unpaired) electrons. The fourth-order valence-electron chi connectivity index (χ4n) is 5.13. The molecule has 5 heteroatoms. The second-order valence-corrected chi connectivity index (χ2v) is 8.65. The van der Waals surface area contributed by atoms with Crippen molar-refractivity contribution in [1.29, 1.82) is 0 Å². The number of piperidine rings is 1. The molecule has 3 heterocycles. The number of hydrogen-bond acceptors (Lipinski definition) is 4. The van der Waals surface area contributed by atoms with E-state index in [2.05, 4.69) is 4.90 Å². The van der Waals surface area contributed by atoms with Crippen LogP contribution in [0.25, 0.3) is 0 Å². The summed E-state index contributed by atoms with van der Waals surface area (Å²) in [5.41, 5.74) is 0.705. The maximum absolute atomic E-state index is 13.2. The van der Waals surface area contributed by atoms with Crippen LogP contribution in [0.3, 0.4) is 0 Å². The largest absolute Gasteiger partial charge is 0.469 e. The second-order valence-electron chi connectivity index (χ2n) is 8.65. The molecule has 27 heavy (non-hydrogen) atoms. The number of likely N-dealkylation sites (tertiary alicyclic amines) is 1. The van der Waals surface area contributed by atoms with Crippen molar-refractivity contribution in [2.24, 2.45) is 5.92 Å². The number of furan rings is 1. The highest BCUT2D eigenvalue weighted by Crippen LogP contribution is 2.29. The molecule has 4 rings (SSSR count). The fraction of sp³-hybridized carbons (Fsp3) is 0.773. The number of ether oxygens (including phenoxy) is 1. The molecule has 1 aliphatic carbocycles. The van der Waals surface area contributed by atoms with Crippen LogP contribution in [0.2, 0.25) is 0 Å². The zero-order chi connectivity index (χ0) is 18.6. The Balaban J connectivity index is 1.37. The molecule has 150 valence electrons. The summed E-state index contributed by atoms with van der Waals surface area (Å²) >= 11 is 0. The molecule has 0 spiro atoms. The van der Waals surface area contributed by atoms with Gasteiger partial charge in [-0.3, -0.25) is 4.79 Å². The number of nitrogens with zero attached hydrogens (tertiary/aromatic N) is 2. The molecule has 1 aromatic heterocycles. The summed E-state index contributed by atoms with van der Waals surface area (Å²) in [6.07, 6.45) is 12.0. The van der Waals surface area contributed by atoms with Crippen LogP contribution >= 0.6 is 0 Å². The third-order valence-electron chi connectivity index (χ3n) is 6.79. The van der Waals surface area contributed by atoms with Crippen molar-refractivity contribution >= 4 is 5.91 Å². The lowest BCUT2D eigenvalue weighted by Crippen LogP contribution is -2.45. The molecule has 1 saturated carbocycles. The predicted octanol–water partition coefficient (Wildman–Crippen LogP) is 3.86. The molecule has 2 aliphatic heterocycles. The first-order chi connectivity index (χ1) is 13.2. The number of hydrogen-bond donors (Lipinski definition) is 0. The van der Waals surface area contributed by atoms with Gasteiger partial charge in [0.05, 0.1) is 17.9 Å². The van der Waals surface area contributed by atoms with E-state index in [4.69, 9.17) is 9.15 Å². The summed E-state index contributed by atoms with van der Waals surface area (Å²) in [7, 11) is 0. The van der Waals surface area contributed by atoms with Crippen LogP contribution < -0.4 is 0 Å². The number of aryl methyl sites for hydroxylation is 1. The minimum atomic E-state index is 0.106. The summed E-state index contributed by atoms with van der Waals surface area (Å²) in [4.78, 5) is 17.9. The van der Waals surface area contributed by atoms with Crippen LogP contribution in [-0.2, 0) is 4.74 Å². The van der Waals surface area contributed by atoms with Crippen LogP contribution in [0, 0.1) is 12.8 Å². The van der Waals surface area contributed by atoms with Gasteiger partial charge in [-0.05, 0) is 70.5 Å². The van der Waals surface area contributed by atoms with Gasteiger partial charge in [-0.1, -0.05) is 12.8 Å². The Morgan fingerprint density at radius 2 is 1.89 bits per heavy atom. The van der Waals surface area contributed by atoms with Crippen molar-refractivity contribution in [3.05, 3.63) is 23.7 Å². The Kier molecular flexibility index (Phi) is 6.18. The van der Waals surface area contributed by atoms with E-state index in [-0.39, 0.29) is 12.0 Å². The first-order valence-corrected chi connectivity index (χ1v) is 10.9. The molecule has 0 bridgehead atoms. The predicted molar refractivity (Wildman–Crippen MR) is 105 cm³/mol. The molecule has 0 aromatic carbocycles. The van der Waals surface area contributed by atoms with Gasteiger partial charge in [0.25, 0.3) is 5.91 Å². The number of carbonyl (C=O) groups excluding carboxylic acids is 1. The van der Waals surface area contributed by atoms with Crippen LogP contribution in [0.1, 0.15) is 67.5 Å². The summed E-state index contributed by atoms with van der Waals surface area (Å²) in [6.45, 7) is 6.66. The first kappa shape index (κ1) is 19.0. The standard InChI is InChI=1S/C22H34N2O3/c1-17-21(10-14-26-17)22(25)24(16-20-7-4-13-27-20)15-18-8-11-23(12-9-18)19-5-2-3-6-19/h10,14,18-20H,2-9,11-13,15-16H2,1H3/t20-/m1/s1. The molecule has 1 aromatic rings. The van der Waals surface area contributed by atoms with Crippen LogP contribution in [0.15, 0.2) is 16.7 Å². The van der Waals surface area contributed by atoms with E-state index in [1.54, 1.807) is 6.26 Å². The number of carbonyl (C=O) groups is 1. The lowest BCUT2D eigenvalue weighted by molar-refractivity contribution is 0.0428. The van der Waals surface area contributed by atoms with E-state index in [0.29, 0.717) is 23.8 Å². The maximum atomic E-state index is 13.2. The maximum Gasteiger partial charge on any atom is 0.257 e. The Morgan fingerprint density at radius 1 is 1.11 bits per heavy atom. The Bertz CT molecular complexity index is 609. The topological polar surface area (TPSA) is 45.9 Å². The fourth-order valence-corrected chi connectivity index (χ4v) is 5.13. The van der Waals surface area contributed by atoms with Crippen molar-refractivity contribution in [2.75, 3.05) is 32.8 Å². The summed E-state index contributed by atoms with van der Waals surface area (Å²) in [6, 6.07) is 2.63. The van der Waals surface area contributed by atoms with E-state index in [0.717, 1.165) is 32.0 Å². The van der Waals surface area contributed by atoms with E-state index < -0.39 is 0 Å².